The largest absolute Gasteiger partial charge is 0.325 e. The van der Waals surface area contributed by atoms with Crippen molar-refractivity contribution in [3.05, 3.63) is 59.2 Å². The summed E-state index contributed by atoms with van der Waals surface area (Å²) in [7, 11) is 0. The Morgan fingerprint density at radius 3 is 2.68 bits per heavy atom. The summed E-state index contributed by atoms with van der Waals surface area (Å²) in [5.41, 5.74) is 4.98. The van der Waals surface area contributed by atoms with Gasteiger partial charge in [-0.3, -0.25) is 4.79 Å². The van der Waals surface area contributed by atoms with Crippen LogP contribution in [0.3, 0.4) is 0 Å². The molecule has 3 rings (SSSR count). The zero-order valence-corrected chi connectivity index (χ0v) is 13.7. The number of benzene rings is 2. The van der Waals surface area contributed by atoms with Crippen molar-refractivity contribution in [2.24, 2.45) is 0 Å². The zero-order valence-electron chi connectivity index (χ0n) is 12.9. The van der Waals surface area contributed by atoms with Gasteiger partial charge in [0.2, 0.25) is 5.91 Å². The molecule has 0 fully saturated rings. The Balaban J connectivity index is 1.61. The molecule has 22 heavy (non-hydrogen) atoms. The number of nitrogens with one attached hydrogen (secondary N) is 1. The number of anilines is 1. The molecule has 0 saturated carbocycles. The Morgan fingerprint density at radius 1 is 1.09 bits per heavy atom. The van der Waals surface area contributed by atoms with Crippen molar-refractivity contribution in [1.29, 1.82) is 0 Å². The third-order valence-electron chi connectivity index (χ3n) is 4.06. The minimum atomic E-state index is 0.0737. The lowest BCUT2D eigenvalue weighted by atomic mass is 9.90. The van der Waals surface area contributed by atoms with Gasteiger partial charge in [-0.1, -0.05) is 29.8 Å². The van der Waals surface area contributed by atoms with E-state index in [4.69, 9.17) is 0 Å². The second kappa shape index (κ2) is 7.01. The van der Waals surface area contributed by atoms with Gasteiger partial charge >= 0.3 is 0 Å². The Hall–Kier alpha value is -1.74. The zero-order chi connectivity index (χ0) is 15.4. The molecule has 0 aromatic heterocycles. The quantitative estimate of drug-likeness (QED) is 0.836. The van der Waals surface area contributed by atoms with Crippen LogP contribution in [-0.2, 0) is 17.6 Å². The van der Waals surface area contributed by atoms with Crippen LogP contribution in [0.25, 0.3) is 0 Å². The van der Waals surface area contributed by atoms with Crippen LogP contribution in [-0.4, -0.2) is 11.7 Å². The van der Waals surface area contributed by atoms with Crippen LogP contribution in [0.15, 0.2) is 47.4 Å². The van der Waals surface area contributed by atoms with E-state index < -0.39 is 0 Å². The summed E-state index contributed by atoms with van der Waals surface area (Å²) in [5.74, 6) is 0.525. The Labute approximate surface area is 136 Å². The van der Waals surface area contributed by atoms with Crippen molar-refractivity contribution in [3.8, 4) is 0 Å². The van der Waals surface area contributed by atoms with Crippen molar-refractivity contribution in [3.63, 3.8) is 0 Å². The van der Waals surface area contributed by atoms with E-state index in [1.54, 1.807) is 11.8 Å². The van der Waals surface area contributed by atoms with E-state index in [2.05, 4.69) is 42.6 Å². The molecule has 2 aromatic rings. The van der Waals surface area contributed by atoms with Gasteiger partial charge < -0.3 is 5.32 Å². The summed E-state index contributed by atoms with van der Waals surface area (Å²) in [6.07, 6.45) is 4.69. The number of carbonyl (C=O) groups excluding carboxylic acids is 1. The van der Waals surface area contributed by atoms with E-state index in [-0.39, 0.29) is 5.91 Å². The van der Waals surface area contributed by atoms with Gasteiger partial charge in [0, 0.05) is 10.6 Å². The lowest BCUT2D eigenvalue weighted by molar-refractivity contribution is -0.113. The Kier molecular flexibility index (Phi) is 4.84. The molecule has 1 aliphatic rings. The van der Waals surface area contributed by atoms with E-state index in [9.17, 15) is 4.79 Å². The van der Waals surface area contributed by atoms with Gasteiger partial charge in [0.15, 0.2) is 0 Å². The summed E-state index contributed by atoms with van der Waals surface area (Å²) in [5, 5.41) is 3.09. The smallest absolute Gasteiger partial charge is 0.234 e. The van der Waals surface area contributed by atoms with Gasteiger partial charge in [-0.05, 0) is 61.9 Å². The number of hydrogen-bond donors (Lipinski definition) is 1. The molecule has 0 atom stereocenters. The standard InChI is InChI=1S/C19H21NOS/c1-14-9-11-16(12-10-14)22-13-19(21)20-18-8-4-6-15-5-2-3-7-17(15)18/h4,6,8-12H,2-3,5,7,13H2,1H3,(H,20,21). The van der Waals surface area contributed by atoms with Gasteiger partial charge in [0.1, 0.15) is 0 Å². The molecule has 0 saturated heterocycles. The second-order valence-corrected chi connectivity index (χ2v) is 6.85. The van der Waals surface area contributed by atoms with Gasteiger partial charge in [0.05, 0.1) is 5.75 Å². The molecular weight excluding hydrogens is 290 g/mol. The molecule has 0 unspecified atom stereocenters. The maximum atomic E-state index is 12.2. The van der Waals surface area contributed by atoms with Crippen LogP contribution in [0.2, 0.25) is 0 Å². The van der Waals surface area contributed by atoms with E-state index in [0.717, 1.165) is 23.4 Å². The Morgan fingerprint density at radius 2 is 1.86 bits per heavy atom. The molecular formula is C19H21NOS. The van der Waals surface area contributed by atoms with Crippen LogP contribution in [0, 0.1) is 6.92 Å². The molecule has 1 amide bonds. The molecule has 2 nitrogen and oxygen atoms in total. The lowest BCUT2D eigenvalue weighted by Gasteiger charge is -2.19. The maximum absolute atomic E-state index is 12.2. The van der Waals surface area contributed by atoms with Crippen molar-refractivity contribution in [2.75, 3.05) is 11.1 Å². The molecule has 3 heteroatoms. The predicted molar refractivity (Wildman–Crippen MR) is 93.6 cm³/mol. The first-order valence-electron chi connectivity index (χ1n) is 7.82. The highest BCUT2D eigenvalue weighted by Crippen LogP contribution is 2.28. The highest BCUT2D eigenvalue weighted by molar-refractivity contribution is 8.00. The molecule has 0 aliphatic heterocycles. The van der Waals surface area contributed by atoms with E-state index in [1.807, 2.05) is 12.1 Å². The molecule has 2 aromatic carbocycles. The van der Waals surface area contributed by atoms with Crippen LogP contribution in [0.5, 0.6) is 0 Å². The highest BCUT2D eigenvalue weighted by Gasteiger charge is 2.14. The number of carbonyl (C=O) groups is 1. The summed E-state index contributed by atoms with van der Waals surface area (Å²) >= 11 is 1.58. The van der Waals surface area contributed by atoms with Crippen LogP contribution < -0.4 is 5.32 Å². The van der Waals surface area contributed by atoms with Crippen molar-refractivity contribution in [2.45, 2.75) is 37.5 Å². The van der Waals surface area contributed by atoms with Gasteiger partial charge in [-0.2, -0.15) is 0 Å². The fraction of sp³-hybridized carbons (Fsp3) is 0.316. The van der Waals surface area contributed by atoms with Crippen LogP contribution in [0.4, 0.5) is 5.69 Å². The average molecular weight is 311 g/mol. The monoisotopic (exact) mass is 311 g/mol. The number of amides is 1. The van der Waals surface area contributed by atoms with Gasteiger partial charge in [0.25, 0.3) is 0 Å². The first-order chi connectivity index (χ1) is 10.7. The molecule has 1 aliphatic carbocycles. The van der Waals surface area contributed by atoms with E-state index in [0.29, 0.717) is 5.75 Å². The fourth-order valence-electron chi connectivity index (χ4n) is 2.87. The number of hydrogen-bond acceptors (Lipinski definition) is 2. The first-order valence-corrected chi connectivity index (χ1v) is 8.81. The topological polar surface area (TPSA) is 29.1 Å². The van der Waals surface area contributed by atoms with Gasteiger partial charge in [-0.15, -0.1) is 11.8 Å². The molecule has 0 spiro atoms. The average Bonchev–Trinajstić information content (AvgIpc) is 2.55. The number of rotatable bonds is 4. The summed E-state index contributed by atoms with van der Waals surface area (Å²) in [6.45, 7) is 2.07. The van der Waals surface area contributed by atoms with Crippen LogP contribution in [0.1, 0.15) is 29.5 Å². The summed E-state index contributed by atoms with van der Waals surface area (Å²) < 4.78 is 0. The van der Waals surface area contributed by atoms with Crippen molar-refractivity contribution >= 4 is 23.4 Å². The minimum absolute atomic E-state index is 0.0737. The lowest BCUT2D eigenvalue weighted by Crippen LogP contribution is -2.17. The second-order valence-electron chi connectivity index (χ2n) is 5.80. The fourth-order valence-corrected chi connectivity index (χ4v) is 3.57. The SMILES string of the molecule is Cc1ccc(SCC(=O)Nc2cccc3c2CCCC3)cc1. The van der Waals surface area contributed by atoms with E-state index >= 15 is 0 Å². The predicted octanol–water partition coefficient (Wildman–Crippen LogP) is 4.60. The van der Waals surface area contributed by atoms with E-state index in [1.165, 1.54) is 29.5 Å². The molecule has 1 N–H and O–H groups in total. The van der Waals surface area contributed by atoms with Gasteiger partial charge in [-0.25, -0.2) is 0 Å². The maximum Gasteiger partial charge on any atom is 0.234 e. The van der Waals surface area contributed by atoms with Crippen molar-refractivity contribution in [1.82, 2.24) is 0 Å². The molecule has 0 radical (unpaired) electrons. The normalized spacial score (nSPS) is 13.5. The summed E-state index contributed by atoms with van der Waals surface area (Å²) in [6, 6.07) is 14.5. The van der Waals surface area contributed by atoms with Crippen LogP contribution >= 0.6 is 11.8 Å². The number of thioether (sulfide) groups is 1. The first kappa shape index (κ1) is 15.2. The minimum Gasteiger partial charge on any atom is -0.325 e. The van der Waals surface area contributed by atoms with Crippen molar-refractivity contribution < 1.29 is 4.79 Å². The Bertz CT molecular complexity index is 664. The number of fused-ring (bicyclic) bond motifs is 1. The number of aryl methyl sites for hydroxylation is 2. The molecule has 114 valence electrons. The summed E-state index contributed by atoms with van der Waals surface area (Å²) in [4.78, 5) is 13.3. The molecule has 0 heterocycles. The molecule has 0 bridgehead atoms. The highest BCUT2D eigenvalue weighted by atomic mass is 32.2. The third-order valence-corrected chi connectivity index (χ3v) is 5.07. The third kappa shape index (κ3) is 3.72.